The van der Waals surface area contributed by atoms with Gasteiger partial charge in [-0.1, -0.05) is 18.2 Å². The molecule has 4 aromatic rings. The zero-order valence-electron chi connectivity index (χ0n) is 21.0. The van der Waals surface area contributed by atoms with Crippen molar-refractivity contribution in [1.29, 1.82) is 0 Å². The quantitative estimate of drug-likeness (QED) is 0.323. The van der Waals surface area contributed by atoms with E-state index in [9.17, 15) is 14.3 Å². The molecule has 1 aliphatic rings. The number of nitrogens with zero attached hydrogens (tertiary/aromatic N) is 2. The smallest absolute Gasteiger partial charge is 0.251 e. The molecule has 0 saturated heterocycles. The maximum absolute atomic E-state index is 14.2. The first-order valence-electron chi connectivity index (χ1n) is 12.7. The second kappa shape index (κ2) is 10.3. The lowest BCUT2D eigenvalue weighted by Crippen LogP contribution is -2.46. The highest BCUT2D eigenvalue weighted by atomic mass is 19.1. The van der Waals surface area contributed by atoms with Gasteiger partial charge in [0.2, 0.25) is 5.88 Å². The Morgan fingerprint density at radius 2 is 2.08 bits per heavy atom. The first-order chi connectivity index (χ1) is 17.8. The Bertz CT molecular complexity index is 1400. The minimum atomic E-state index is -1.06. The maximum atomic E-state index is 14.2. The minimum Gasteiger partial charge on any atom is -0.475 e. The van der Waals surface area contributed by atoms with Crippen LogP contribution >= 0.6 is 0 Å². The van der Waals surface area contributed by atoms with Crippen LogP contribution in [0, 0.1) is 5.82 Å². The highest BCUT2D eigenvalue weighted by Gasteiger charge is 2.35. The second-order valence-electron chi connectivity index (χ2n) is 10.1. The van der Waals surface area contributed by atoms with Gasteiger partial charge in [-0.05, 0) is 75.4 Å². The molecule has 1 aliphatic carbocycles. The number of amides is 1. The van der Waals surface area contributed by atoms with Crippen LogP contribution in [0.15, 0.2) is 60.8 Å². The van der Waals surface area contributed by atoms with E-state index in [1.807, 2.05) is 32.0 Å². The normalized spacial score (nSPS) is 19.8. The third-order valence-electron chi connectivity index (χ3n) is 6.82. The highest BCUT2D eigenvalue weighted by Crippen LogP contribution is 2.33. The molecule has 0 aliphatic heterocycles. The summed E-state index contributed by atoms with van der Waals surface area (Å²) in [5.41, 5.74) is 2.26. The van der Waals surface area contributed by atoms with Gasteiger partial charge in [0, 0.05) is 41.2 Å². The van der Waals surface area contributed by atoms with Gasteiger partial charge >= 0.3 is 0 Å². The molecular weight excluding hydrogens is 471 g/mol. The van der Waals surface area contributed by atoms with Crippen molar-refractivity contribution in [2.75, 3.05) is 0 Å². The van der Waals surface area contributed by atoms with E-state index in [0.717, 1.165) is 29.3 Å². The van der Waals surface area contributed by atoms with Gasteiger partial charge in [-0.15, -0.1) is 0 Å². The predicted octanol–water partition coefficient (Wildman–Crippen LogP) is 5.20. The van der Waals surface area contributed by atoms with Crippen LogP contribution in [0.2, 0.25) is 0 Å². The molecule has 1 fully saturated rings. The first-order valence-corrected chi connectivity index (χ1v) is 12.7. The molecule has 0 spiro atoms. The number of fused-ring (bicyclic) bond motifs is 1. The van der Waals surface area contributed by atoms with Gasteiger partial charge in [0.25, 0.3) is 5.91 Å². The number of aliphatic hydroxyl groups is 1. The Kier molecular flexibility index (Phi) is 6.93. The van der Waals surface area contributed by atoms with Crippen molar-refractivity contribution < 1.29 is 19.0 Å². The molecule has 2 aromatic carbocycles. The molecule has 0 unspecified atom stereocenters. The van der Waals surface area contributed by atoms with Crippen molar-refractivity contribution in [3.63, 3.8) is 0 Å². The number of benzene rings is 2. The molecule has 2 aromatic heterocycles. The number of ether oxygens (including phenoxy) is 1. The number of nitrogens with one attached hydrogen (secondary N) is 2. The third kappa shape index (κ3) is 5.64. The van der Waals surface area contributed by atoms with Crippen LogP contribution in [-0.2, 0) is 6.42 Å². The van der Waals surface area contributed by atoms with Gasteiger partial charge in [0.05, 0.1) is 17.2 Å². The van der Waals surface area contributed by atoms with Gasteiger partial charge in [0.15, 0.2) is 0 Å². The van der Waals surface area contributed by atoms with Gasteiger partial charge in [-0.3, -0.25) is 9.89 Å². The number of aromatic nitrogens is 3. The summed E-state index contributed by atoms with van der Waals surface area (Å²) in [5.74, 6) is 0.0118. The van der Waals surface area contributed by atoms with E-state index in [4.69, 9.17) is 4.74 Å². The summed E-state index contributed by atoms with van der Waals surface area (Å²) in [4.78, 5) is 17.5. The second-order valence-corrected chi connectivity index (χ2v) is 10.1. The molecule has 1 saturated carbocycles. The van der Waals surface area contributed by atoms with Gasteiger partial charge in [0.1, 0.15) is 11.5 Å². The Morgan fingerprint density at radius 1 is 1.24 bits per heavy atom. The third-order valence-corrected chi connectivity index (χ3v) is 6.82. The topological polar surface area (TPSA) is 100 Å². The predicted molar refractivity (Wildman–Crippen MR) is 140 cm³/mol. The van der Waals surface area contributed by atoms with Crippen LogP contribution < -0.4 is 10.1 Å². The molecule has 2 atom stereocenters. The van der Waals surface area contributed by atoms with Crippen molar-refractivity contribution in [3.8, 4) is 17.1 Å². The van der Waals surface area contributed by atoms with E-state index < -0.39 is 5.60 Å². The summed E-state index contributed by atoms with van der Waals surface area (Å²) < 4.78 is 19.8. The maximum Gasteiger partial charge on any atom is 0.251 e. The molecular formula is C29H31FN4O3. The van der Waals surface area contributed by atoms with Crippen LogP contribution in [0.25, 0.3) is 22.2 Å². The molecule has 0 radical (unpaired) electrons. The van der Waals surface area contributed by atoms with E-state index >= 15 is 0 Å². The van der Waals surface area contributed by atoms with Crippen LogP contribution in [0.3, 0.4) is 0 Å². The first kappa shape index (κ1) is 24.9. The number of carbonyl (C=O) groups excluding carboxylic acids is 1. The van der Waals surface area contributed by atoms with Gasteiger partial charge in [-0.2, -0.15) is 5.10 Å². The number of halogens is 1. The fraction of sp³-hybridized carbons (Fsp3) is 0.345. The van der Waals surface area contributed by atoms with E-state index in [1.165, 1.54) is 6.07 Å². The Labute approximate surface area is 215 Å². The number of rotatable bonds is 7. The fourth-order valence-electron chi connectivity index (χ4n) is 5.10. The number of aromatic amines is 1. The lowest BCUT2D eigenvalue weighted by molar-refractivity contribution is -0.00685. The molecule has 5 rings (SSSR count). The summed E-state index contributed by atoms with van der Waals surface area (Å²) in [5, 5.41) is 22.5. The summed E-state index contributed by atoms with van der Waals surface area (Å²) >= 11 is 0. The number of H-pyrrole nitrogens is 1. The van der Waals surface area contributed by atoms with E-state index in [2.05, 4.69) is 20.5 Å². The lowest BCUT2D eigenvalue weighted by atomic mass is 9.78. The van der Waals surface area contributed by atoms with E-state index in [1.54, 1.807) is 36.5 Å². The standard InChI is InChI=1S/C29H31FN4O3/c1-18(2)37-26-12-10-21(17-31-26)27-23-14-19(9-11-25(23)33-34-27)28(35)32-22-7-5-13-29(36,16-22)15-20-6-3-4-8-24(20)30/h3-4,6,8-12,14,17-18,22,36H,5,7,13,15-16H2,1-2H3,(H,32,35)(H,33,34)/t22-,29-/m1/s1. The summed E-state index contributed by atoms with van der Waals surface area (Å²) in [6, 6.07) is 15.4. The average Bonchev–Trinajstić information content (AvgIpc) is 3.29. The van der Waals surface area contributed by atoms with Crippen LogP contribution in [0.1, 0.15) is 55.5 Å². The Balaban J connectivity index is 1.31. The highest BCUT2D eigenvalue weighted by molar-refractivity contribution is 6.01. The molecule has 3 N–H and O–H groups in total. The van der Waals surface area contributed by atoms with Crippen molar-refractivity contribution in [3.05, 3.63) is 77.7 Å². The number of carbonyl (C=O) groups is 1. The van der Waals surface area contributed by atoms with Gasteiger partial charge < -0.3 is 15.2 Å². The summed E-state index contributed by atoms with van der Waals surface area (Å²) in [6.45, 7) is 3.89. The minimum absolute atomic E-state index is 0.0327. The van der Waals surface area contributed by atoms with E-state index in [0.29, 0.717) is 35.5 Å². The Morgan fingerprint density at radius 3 is 2.84 bits per heavy atom. The number of hydrogen-bond acceptors (Lipinski definition) is 5. The largest absolute Gasteiger partial charge is 0.475 e. The summed E-state index contributed by atoms with van der Waals surface area (Å²) in [6.07, 6.45) is 4.44. The number of hydrogen-bond donors (Lipinski definition) is 3. The van der Waals surface area contributed by atoms with Crippen molar-refractivity contribution in [2.24, 2.45) is 0 Å². The van der Waals surface area contributed by atoms with Crippen LogP contribution in [0.5, 0.6) is 5.88 Å². The SMILES string of the molecule is CC(C)Oc1ccc(-c2n[nH]c3ccc(C(=O)N[C@@H]4CCC[C@@](O)(Cc5ccccc5F)C4)cc23)cn1. The van der Waals surface area contributed by atoms with Crippen molar-refractivity contribution in [2.45, 2.75) is 63.7 Å². The molecule has 2 heterocycles. The fourth-order valence-corrected chi connectivity index (χ4v) is 5.10. The Hall–Kier alpha value is -3.78. The molecule has 8 heteroatoms. The monoisotopic (exact) mass is 502 g/mol. The van der Waals surface area contributed by atoms with Crippen LogP contribution in [-0.4, -0.2) is 43.9 Å². The zero-order chi connectivity index (χ0) is 26.0. The van der Waals surface area contributed by atoms with E-state index in [-0.39, 0.29) is 30.3 Å². The lowest BCUT2D eigenvalue weighted by Gasteiger charge is -2.37. The molecule has 1 amide bonds. The average molecular weight is 503 g/mol. The summed E-state index contributed by atoms with van der Waals surface area (Å²) in [7, 11) is 0. The van der Waals surface area contributed by atoms with Crippen molar-refractivity contribution >= 4 is 16.8 Å². The molecule has 192 valence electrons. The van der Waals surface area contributed by atoms with Crippen LogP contribution in [0.4, 0.5) is 4.39 Å². The molecule has 37 heavy (non-hydrogen) atoms. The number of pyridine rings is 1. The molecule has 7 nitrogen and oxygen atoms in total. The van der Waals surface area contributed by atoms with Gasteiger partial charge in [-0.25, -0.2) is 9.37 Å². The molecule has 0 bridgehead atoms. The zero-order valence-corrected chi connectivity index (χ0v) is 21.0. The van der Waals surface area contributed by atoms with Crippen molar-refractivity contribution in [1.82, 2.24) is 20.5 Å².